The second kappa shape index (κ2) is 13.3. The zero-order valence-electron chi connectivity index (χ0n) is 26.1. The van der Waals surface area contributed by atoms with E-state index in [0.29, 0.717) is 34.2 Å². The Hall–Kier alpha value is -6.77. The number of hydrogen-bond acceptors (Lipinski definition) is 5. The molecule has 7 rings (SSSR count). The smallest absolute Gasteiger partial charge is 0.160 e. The first-order valence-electron chi connectivity index (χ1n) is 15.5. The quantitative estimate of drug-likeness (QED) is 0.170. The number of nitriles is 1. The van der Waals surface area contributed by atoms with Gasteiger partial charge in [-0.25, -0.2) is 19.9 Å². The summed E-state index contributed by atoms with van der Waals surface area (Å²) in [7, 11) is 0. The molecule has 5 nitrogen and oxygen atoms in total. The van der Waals surface area contributed by atoms with Crippen molar-refractivity contribution in [2.24, 2.45) is 0 Å². The van der Waals surface area contributed by atoms with E-state index < -0.39 is 0 Å². The Morgan fingerprint density at radius 1 is 0.438 bits per heavy atom. The molecule has 0 saturated heterocycles. The first-order valence-corrected chi connectivity index (χ1v) is 15.5. The van der Waals surface area contributed by atoms with Crippen molar-refractivity contribution < 1.29 is 0 Å². The third kappa shape index (κ3) is 6.06. The first-order chi connectivity index (χ1) is 23.6. The minimum Gasteiger partial charge on any atom is -0.244 e. The summed E-state index contributed by atoms with van der Waals surface area (Å²) in [5.74, 6) is 0.613. The highest BCUT2D eigenvalue weighted by atomic mass is 14.9. The number of nitrogens with zero attached hydrogens (tertiary/aromatic N) is 5. The molecule has 0 aliphatic rings. The van der Waals surface area contributed by atoms with E-state index in [1.165, 1.54) is 0 Å². The second-order valence-corrected chi connectivity index (χ2v) is 11.1. The minimum atomic E-state index is 0.613. The lowest BCUT2D eigenvalue weighted by Gasteiger charge is -2.14. The van der Waals surface area contributed by atoms with Gasteiger partial charge in [0.05, 0.1) is 45.8 Å². The summed E-state index contributed by atoms with van der Waals surface area (Å²) >= 11 is 0. The maximum atomic E-state index is 9.37. The maximum Gasteiger partial charge on any atom is 0.160 e. The van der Waals surface area contributed by atoms with Gasteiger partial charge in [0, 0.05) is 27.8 Å². The average Bonchev–Trinajstić information content (AvgIpc) is 3.18. The second-order valence-electron chi connectivity index (χ2n) is 11.1. The molecule has 0 bridgehead atoms. The normalized spacial score (nSPS) is 10.6. The van der Waals surface area contributed by atoms with Crippen LogP contribution in [0.25, 0.3) is 79.7 Å². The van der Waals surface area contributed by atoms with E-state index >= 15 is 0 Å². The fraction of sp³-hybridized carbons (Fsp3) is 0. The van der Waals surface area contributed by atoms with Gasteiger partial charge in [0.2, 0.25) is 0 Å². The van der Waals surface area contributed by atoms with Crippen LogP contribution >= 0.6 is 0 Å². The molecule has 0 aliphatic carbocycles. The van der Waals surface area contributed by atoms with Crippen molar-refractivity contribution in [1.29, 1.82) is 5.26 Å². The molecular formula is C43H29N5. The van der Waals surface area contributed by atoms with Gasteiger partial charge in [-0.2, -0.15) is 5.26 Å². The highest BCUT2D eigenvalue weighted by molar-refractivity contribution is 5.83. The van der Waals surface area contributed by atoms with Gasteiger partial charge in [0.15, 0.2) is 5.82 Å². The summed E-state index contributed by atoms with van der Waals surface area (Å²) < 4.78 is 0. The van der Waals surface area contributed by atoms with Crippen molar-refractivity contribution in [3.8, 4) is 73.6 Å². The highest BCUT2D eigenvalue weighted by Gasteiger charge is 2.17. The molecule has 0 saturated carbocycles. The van der Waals surface area contributed by atoms with Gasteiger partial charge in [-0.15, -0.1) is 0 Å². The Kier molecular flexibility index (Phi) is 8.29. The standard InChI is InChI=1S/C43H29N5/c1-3-37-38(4-2)46-42(41(45-37)33-23-21-30(22-24-33)34-18-11-13-29(25-34)28-44)35-19-12-20-36(26-35)43-47-39(31-14-7-5-8-15-31)27-40(48-43)32-16-9-6-10-17-32/h3-27H,1-2H2. The van der Waals surface area contributed by atoms with Crippen LogP contribution in [0.3, 0.4) is 0 Å². The summed E-state index contributed by atoms with van der Waals surface area (Å²) in [4.78, 5) is 20.1. The van der Waals surface area contributed by atoms with Crippen LogP contribution in [0.4, 0.5) is 0 Å². The van der Waals surface area contributed by atoms with Gasteiger partial charge >= 0.3 is 0 Å². The Morgan fingerprint density at radius 3 is 1.52 bits per heavy atom. The van der Waals surface area contributed by atoms with Gasteiger partial charge in [0.1, 0.15) is 0 Å². The van der Waals surface area contributed by atoms with Gasteiger partial charge in [-0.3, -0.25) is 0 Å². The summed E-state index contributed by atoms with van der Waals surface area (Å²) in [5, 5.41) is 9.37. The van der Waals surface area contributed by atoms with Crippen LogP contribution in [0.5, 0.6) is 0 Å². The molecule has 5 heteroatoms. The monoisotopic (exact) mass is 615 g/mol. The van der Waals surface area contributed by atoms with Crippen molar-refractivity contribution in [1.82, 2.24) is 19.9 Å². The number of hydrogen-bond donors (Lipinski definition) is 0. The number of rotatable bonds is 8. The van der Waals surface area contributed by atoms with E-state index in [1.54, 1.807) is 18.2 Å². The van der Waals surface area contributed by atoms with E-state index in [0.717, 1.165) is 50.3 Å². The van der Waals surface area contributed by atoms with E-state index in [1.807, 2.05) is 103 Å². The predicted molar refractivity (Wildman–Crippen MR) is 195 cm³/mol. The van der Waals surface area contributed by atoms with Crippen LogP contribution in [0.15, 0.2) is 153 Å². The molecule has 0 N–H and O–H groups in total. The molecular weight excluding hydrogens is 587 g/mol. The molecule has 0 unspecified atom stereocenters. The molecule has 0 spiro atoms. The summed E-state index contributed by atoms with van der Waals surface area (Å²) in [6, 6.07) is 48.4. The Labute approximate surface area is 279 Å². The molecule has 48 heavy (non-hydrogen) atoms. The van der Waals surface area contributed by atoms with E-state index in [-0.39, 0.29) is 0 Å². The zero-order valence-corrected chi connectivity index (χ0v) is 26.1. The first kappa shape index (κ1) is 29.9. The molecule has 0 aliphatic heterocycles. The molecule has 0 amide bonds. The van der Waals surface area contributed by atoms with Crippen molar-refractivity contribution in [2.45, 2.75) is 0 Å². The van der Waals surface area contributed by atoms with E-state index in [9.17, 15) is 5.26 Å². The lowest BCUT2D eigenvalue weighted by molar-refractivity contribution is 1.16. The van der Waals surface area contributed by atoms with Crippen LogP contribution in [-0.4, -0.2) is 19.9 Å². The van der Waals surface area contributed by atoms with Crippen LogP contribution in [0, 0.1) is 11.3 Å². The Morgan fingerprint density at radius 2 is 0.938 bits per heavy atom. The topological polar surface area (TPSA) is 75.3 Å². The van der Waals surface area contributed by atoms with Crippen molar-refractivity contribution in [2.75, 3.05) is 0 Å². The van der Waals surface area contributed by atoms with Crippen LogP contribution < -0.4 is 0 Å². The molecule has 2 heterocycles. The Balaban J connectivity index is 1.35. The number of aromatic nitrogens is 4. The maximum absolute atomic E-state index is 9.37. The summed E-state index contributed by atoms with van der Waals surface area (Å²) in [6.45, 7) is 7.96. The number of benzene rings is 5. The van der Waals surface area contributed by atoms with E-state index in [4.69, 9.17) is 19.9 Å². The van der Waals surface area contributed by atoms with Gasteiger partial charge < -0.3 is 0 Å². The molecule has 7 aromatic rings. The van der Waals surface area contributed by atoms with Crippen LogP contribution in [-0.2, 0) is 0 Å². The zero-order chi connectivity index (χ0) is 32.9. The highest BCUT2D eigenvalue weighted by Crippen LogP contribution is 2.35. The molecule has 5 aromatic carbocycles. The van der Waals surface area contributed by atoms with Gasteiger partial charge in [-0.05, 0) is 47.5 Å². The molecule has 0 fully saturated rings. The Bertz CT molecular complexity index is 2260. The van der Waals surface area contributed by atoms with Crippen molar-refractivity contribution >= 4 is 12.2 Å². The summed E-state index contributed by atoms with van der Waals surface area (Å²) in [5.41, 5.74) is 11.7. The summed E-state index contributed by atoms with van der Waals surface area (Å²) in [6.07, 6.45) is 3.40. The molecule has 0 radical (unpaired) electrons. The fourth-order valence-electron chi connectivity index (χ4n) is 5.65. The van der Waals surface area contributed by atoms with Crippen molar-refractivity contribution in [3.63, 3.8) is 0 Å². The van der Waals surface area contributed by atoms with E-state index in [2.05, 4.69) is 49.6 Å². The van der Waals surface area contributed by atoms with Gasteiger partial charge in [0.25, 0.3) is 0 Å². The molecule has 2 aromatic heterocycles. The average molecular weight is 616 g/mol. The van der Waals surface area contributed by atoms with Gasteiger partial charge in [-0.1, -0.05) is 128 Å². The molecule has 0 atom stereocenters. The third-order valence-corrected chi connectivity index (χ3v) is 8.08. The predicted octanol–water partition coefficient (Wildman–Crippen LogP) is 10.4. The van der Waals surface area contributed by atoms with Crippen LogP contribution in [0.2, 0.25) is 0 Å². The largest absolute Gasteiger partial charge is 0.244 e. The fourth-order valence-corrected chi connectivity index (χ4v) is 5.65. The third-order valence-electron chi connectivity index (χ3n) is 8.08. The minimum absolute atomic E-state index is 0.613. The SMILES string of the molecule is C=Cc1nc(-c2ccc(-c3cccc(C#N)c3)cc2)c(-c2cccc(-c3nc(-c4ccccc4)cc(-c4ccccc4)n3)c2)nc1C=C. The molecule has 226 valence electrons. The lowest BCUT2D eigenvalue weighted by Crippen LogP contribution is -2.00. The van der Waals surface area contributed by atoms with Crippen molar-refractivity contribution in [3.05, 3.63) is 170 Å². The van der Waals surface area contributed by atoms with Crippen LogP contribution in [0.1, 0.15) is 17.0 Å². The lowest BCUT2D eigenvalue weighted by atomic mass is 9.98.